The highest BCUT2D eigenvalue weighted by Gasteiger charge is 2.03. The maximum Gasteiger partial charge on any atom is 0.123 e. The number of ether oxygens (including phenoxy) is 2. The molecule has 0 spiro atoms. The maximum absolute atomic E-state index is 13.0. The molecule has 2 rings (SSSR count). The Labute approximate surface area is 118 Å². The van der Waals surface area contributed by atoms with Crippen LogP contribution in [0.25, 0.3) is 0 Å². The zero-order valence-electron chi connectivity index (χ0n) is 11.2. The molecule has 0 amide bonds. The molecule has 0 radical (unpaired) electrons. The normalized spacial score (nSPS) is 10.5. The van der Waals surface area contributed by atoms with Crippen LogP contribution in [0.1, 0.15) is 11.1 Å². The maximum atomic E-state index is 13.0. The van der Waals surface area contributed by atoms with Crippen LogP contribution < -0.4 is 10.5 Å². The Morgan fingerprint density at radius 1 is 0.950 bits per heavy atom. The lowest BCUT2D eigenvalue weighted by molar-refractivity contribution is 0.0885. The molecule has 2 aromatic rings. The van der Waals surface area contributed by atoms with Gasteiger partial charge in [-0.05, 0) is 35.4 Å². The second-order valence-electron chi connectivity index (χ2n) is 4.33. The van der Waals surface area contributed by atoms with Crippen molar-refractivity contribution in [2.24, 2.45) is 5.73 Å². The van der Waals surface area contributed by atoms with Gasteiger partial charge in [-0.25, -0.2) is 4.39 Å². The van der Waals surface area contributed by atoms with E-state index in [-0.39, 0.29) is 5.82 Å². The lowest BCUT2D eigenvalue weighted by Gasteiger charge is -2.10. The highest BCUT2D eigenvalue weighted by Crippen LogP contribution is 2.12. The van der Waals surface area contributed by atoms with Crippen molar-refractivity contribution in [2.45, 2.75) is 13.2 Å². The van der Waals surface area contributed by atoms with Gasteiger partial charge in [0.25, 0.3) is 0 Å². The van der Waals surface area contributed by atoms with E-state index in [1.807, 2.05) is 30.3 Å². The van der Waals surface area contributed by atoms with E-state index in [4.69, 9.17) is 15.2 Å². The minimum absolute atomic E-state index is 0.276. The standard InChI is InChI=1S/C16H18FNO2/c17-15-7-6-13(14(10-15)11-18)12-19-8-9-20-16-4-2-1-3-5-16/h1-7,10H,8-9,11-12,18H2. The van der Waals surface area contributed by atoms with Crippen molar-refractivity contribution in [3.05, 3.63) is 65.5 Å². The third-order valence-corrected chi connectivity index (χ3v) is 2.89. The average Bonchev–Trinajstić information content (AvgIpc) is 2.49. The van der Waals surface area contributed by atoms with Gasteiger partial charge in [0.05, 0.1) is 13.2 Å². The van der Waals surface area contributed by atoms with E-state index in [0.717, 1.165) is 16.9 Å². The first-order valence-electron chi connectivity index (χ1n) is 6.52. The monoisotopic (exact) mass is 275 g/mol. The van der Waals surface area contributed by atoms with Crippen LogP contribution in [0.15, 0.2) is 48.5 Å². The highest BCUT2D eigenvalue weighted by molar-refractivity contribution is 5.27. The van der Waals surface area contributed by atoms with Crippen LogP contribution in [-0.2, 0) is 17.9 Å². The number of hydrogen-bond donors (Lipinski definition) is 1. The fraction of sp³-hybridized carbons (Fsp3) is 0.250. The van der Waals surface area contributed by atoms with Crippen molar-refractivity contribution in [1.29, 1.82) is 0 Å². The van der Waals surface area contributed by atoms with Crippen LogP contribution in [0.4, 0.5) is 4.39 Å². The predicted octanol–water partition coefficient (Wildman–Crippen LogP) is 2.88. The number of hydrogen-bond acceptors (Lipinski definition) is 3. The first kappa shape index (κ1) is 14.5. The fourth-order valence-electron chi connectivity index (χ4n) is 1.84. The molecular weight excluding hydrogens is 257 g/mol. The number of para-hydroxylation sites is 1. The van der Waals surface area contributed by atoms with E-state index < -0.39 is 0 Å². The lowest BCUT2D eigenvalue weighted by Crippen LogP contribution is -2.09. The Balaban J connectivity index is 1.73. The molecule has 0 bridgehead atoms. The quantitative estimate of drug-likeness (QED) is 0.790. The summed E-state index contributed by atoms with van der Waals surface area (Å²) in [6.07, 6.45) is 0. The summed E-state index contributed by atoms with van der Waals surface area (Å²) in [5.74, 6) is 0.544. The molecule has 2 aromatic carbocycles. The zero-order valence-corrected chi connectivity index (χ0v) is 11.2. The largest absolute Gasteiger partial charge is 0.491 e. The number of benzene rings is 2. The van der Waals surface area contributed by atoms with Crippen LogP contribution in [0.5, 0.6) is 5.75 Å². The summed E-state index contributed by atoms with van der Waals surface area (Å²) in [7, 11) is 0. The predicted molar refractivity (Wildman–Crippen MR) is 75.9 cm³/mol. The van der Waals surface area contributed by atoms with Gasteiger partial charge < -0.3 is 15.2 Å². The van der Waals surface area contributed by atoms with E-state index in [1.165, 1.54) is 12.1 Å². The molecule has 0 saturated heterocycles. The van der Waals surface area contributed by atoms with Gasteiger partial charge in [0.2, 0.25) is 0 Å². The van der Waals surface area contributed by atoms with E-state index in [1.54, 1.807) is 6.07 Å². The summed E-state index contributed by atoms with van der Waals surface area (Å²) in [5, 5.41) is 0. The first-order chi connectivity index (χ1) is 9.79. The molecule has 3 nitrogen and oxygen atoms in total. The van der Waals surface area contributed by atoms with Gasteiger partial charge in [0, 0.05) is 6.54 Å². The Morgan fingerprint density at radius 2 is 1.75 bits per heavy atom. The van der Waals surface area contributed by atoms with Gasteiger partial charge in [0.1, 0.15) is 18.2 Å². The molecule has 2 N–H and O–H groups in total. The van der Waals surface area contributed by atoms with Gasteiger partial charge >= 0.3 is 0 Å². The van der Waals surface area contributed by atoms with Gasteiger partial charge in [0.15, 0.2) is 0 Å². The van der Waals surface area contributed by atoms with Gasteiger partial charge in [-0.15, -0.1) is 0 Å². The fourth-order valence-corrected chi connectivity index (χ4v) is 1.84. The molecule has 0 aliphatic rings. The topological polar surface area (TPSA) is 44.5 Å². The molecule has 0 unspecified atom stereocenters. The average molecular weight is 275 g/mol. The van der Waals surface area contributed by atoms with Crippen LogP contribution in [-0.4, -0.2) is 13.2 Å². The van der Waals surface area contributed by atoms with Crippen molar-refractivity contribution in [3.8, 4) is 5.75 Å². The summed E-state index contributed by atoms with van der Waals surface area (Å²) in [6, 6.07) is 14.1. The van der Waals surface area contributed by atoms with E-state index in [0.29, 0.717) is 26.4 Å². The molecule has 0 atom stereocenters. The van der Waals surface area contributed by atoms with Gasteiger partial charge in [-0.2, -0.15) is 0 Å². The second-order valence-corrected chi connectivity index (χ2v) is 4.33. The number of rotatable bonds is 7. The number of halogens is 1. The van der Waals surface area contributed by atoms with Crippen molar-refractivity contribution in [1.82, 2.24) is 0 Å². The highest BCUT2D eigenvalue weighted by atomic mass is 19.1. The Kier molecular flexibility index (Phi) is 5.53. The summed E-state index contributed by atoms with van der Waals surface area (Å²) in [5.41, 5.74) is 7.26. The van der Waals surface area contributed by atoms with Crippen LogP contribution >= 0.6 is 0 Å². The third kappa shape index (κ3) is 4.33. The molecule has 0 aliphatic carbocycles. The van der Waals surface area contributed by atoms with Gasteiger partial charge in [-0.3, -0.25) is 0 Å². The molecule has 0 saturated carbocycles. The van der Waals surface area contributed by atoms with Crippen molar-refractivity contribution in [2.75, 3.05) is 13.2 Å². The second kappa shape index (κ2) is 7.62. The van der Waals surface area contributed by atoms with Crippen molar-refractivity contribution in [3.63, 3.8) is 0 Å². The van der Waals surface area contributed by atoms with E-state index >= 15 is 0 Å². The minimum atomic E-state index is -0.276. The SMILES string of the molecule is NCc1cc(F)ccc1COCCOc1ccccc1. The molecule has 0 heterocycles. The molecule has 106 valence electrons. The molecule has 0 aromatic heterocycles. The van der Waals surface area contributed by atoms with E-state index in [9.17, 15) is 4.39 Å². The Hall–Kier alpha value is -1.91. The zero-order chi connectivity index (χ0) is 14.2. The van der Waals surface area contributed by atoms with Crippen molar-refractivity contribution >= 4 is 0 Å². The number of nitrogens with two attached hydrogens (primary N) is 1. The third-order valence-electron chi connectivity index (χ3n) is 2.89. The van der Waals surface area contributed by atoms with Crippen LogP contribution in [0.3, 0.4) is 0 Å². The lowest BCUT2D eigenvalue weighted by atomic mass is 10.1. The van der Waals surface area contributed by atoms with Crippen LogP contribution in [0, 0.1) is 5.82 Å². The molecule has 0 aliphatic heterocycles. The minimum Gasteiger partial charge on any atom is -0.491 e. The summed E-state index contributed by atoms with van der Waals surface area (Å²) >= 11 is 0. The summed E-state index contributed by atoms with van der Waals surface area (Å²) in [6.45, 7) is 1.65. The van der Waals surface area contributed by atoms with Gasteiger partial charge in [-0.1, -0.05) is 24.3 Å². The Morgan fingerprint density at radius 3 is 2.50 bits per heavy atom. The molecule has 20 heavy (non-hydrogen) atoms. The molecule has 4 heteroatoms. The van der Waals surface area contributed by atoms with E-state index in [2.05, 4.69) is 0 Å². The Bertz CT molecular complexity index is 531. The van der Waals surface area contributed by atoms with Crippen LogP contribution in [0.2, 0.25) is 0 Å². The summed E-state index contributed by atoms with van der Waals surface area (Å²) in [4.78, 5) is 0. The summed E-state index contributed by atoms with van der Waals surface area (Å²) < 4.78 is 24.1. The smallest absolute Gasteiger partial charge is 0.123 e. The molecular formula is C16H18FNO2. The van der Waals surface area contributed by atoms with Crippen molar-refractivity contribution < 1.29 is 13.9 Å². The first-order valence-corrected chi connectivity index (χ1v) is 6.52. The molecule has 0 fully saturated rings.